The second kappa shape index (κ2) is 9.40. The Morgan fingerprint density at radius 1 is 1.15 bits per heavy atom. The summed E-state index contributed by atoms with van der Waals surface area (Å²) in [7, 11) is 1.89. The van der Waals surface area contributed by atoms with Crippen LogP contribution in [0.3, 0.4) is 0 Å². The van der Waals surface area contributed by atoms with E-state index in [-0.39, 0.29) is 5.82 Å². The number of nitrogens with one attached hydrogen (secondary N) is 1. The molecule has 9 heteroatoms. The number of carbonyl (C=O) groups excluding carboxylic acids is 1. The molecular formula is C25H23FN6O2. The van der Waals surface area contributed by atoms with Crippen LogP contribution in [0.4, 0.5) is 27.5 Å². The lowest BCUT2D eigenvalue weighted by Gasteiger charge is -2.31. The molecule has 0 unspecified atom stereocenters. The fraction of sp³-hybridized carbons (Fsp3) is 0.200. The highest BCUT2D eigenvalue weighted by atomic mass is 19.1. The number of hydrogen-bond donors (Lipinski definition) is 1. The van der Waals surface area contributed by atoms with Crippen LogP contribution in [-0.4, -0.2) is 46.3 Å². The third-order valence-electron chi connectivity index (χ3n) is 5.84. The second-order valence-electron chi connectivity index (χ2n) is 8.05. The molecular weight excluding hydrogens is 435 g/mol. The van der Waals surface area contributed by atoms with Gasteiger partial charge in [0, 0.05) is 49.1 Å². The first kappa shape index (κ1) is 21.7. The quantitative estimate of drug-likeness (QED) is 0.409. The molecule has 0 radical (unpaired) electrons. The maximum absolute atomic E-state index is 13.5. The maximum Gasteiger partial charge on any atom is 0.229 e. The van der Waals surface area contributed by atoms with Gasteiger partial charge in [-0.2, -0.15) is 4.98 Å². The number of rotatable bonds is 7. The molecule has 172 valence electrons. The van der Waals surface area contributed by atoms with E-state index in [0.29, 0.717) is 37.0 Å². The van der Waals surface area contributed by atoms with Crippen LogP contribution in [0, 0.1) is 5.82 Å². The van der Waals surface area contributed by atoms with Crippen LogP contribution in [0.25, 0.3) is 11.3 Å². The smallest absolute Gasteiger partial charge is 0.229 e. The average Bonchev–Trinajstić information content (AvgIpc) is 3.40. The Hall–Kier alpha value is -4.11. The molecule has 0 aliphatic carbocycles. The SMILES string of the molecule is CN(c1ccc(F)cc1)c1nc(Nc2ccc(-c3cnco3)cc2)nc2c1CN(CC=O)CC2. The number of anilines is 4. The summed E-state index contributed by atoms with van der Waals surface area (Å²) < 4.78 is 18.8. The van der Waals surface area contributed by atoms with E-state index in [1.54, 1.807) is 18.3 Å². The molecule has 34 heavy (non-hydrogen) atoms. The molecule has 0 saturated heterocycles. The minimum atomic E-state index is -0.296. The third kappa shape index (κ3) is 4.51. The van der Waals surface area contributed by atoms with E-state index in [1.807, 2.05) is 36.2 Å². The third-order valence-corrected chi connectivity index (χ3v) is 5.84. The summed E-state index contributed by atoms with van der Waals surface area (Å²) in [4.78, 5) is 28.6. The zero-order valence-corrected chi connectivity index (χ0v) is 18.6. The predicted octanol–water partition coefficient (Wildman–Crippen LogP) is 4.34. The molecule has 5 rings (SSSR count). The number of aldehydes is 1. The van der Waals surface area contributed by atoms with E-state index in [2.05, 4.69) is 15.2 Å². The van der Waals surface area contributed by atoms with Crippen molar-refractivity contribution in [1.82, 2.24) is 19.9 Å². The lowest BCUT2D eigenvalue weighted by atomic mass is 10.1. The Morgan fingerprint density at radius 3 is 2.65 bits per heavy atom. The van der Waals surface area contributed by atoms with Crippen LogP contribution >= 0.6 is 0 Å². The number of oxazole rings is 1. The van der Waals surface area contributed by atoms with Gasteiger partial charge < -0.3 is 19.4 Å². The van der Waals surface area contributed by atoms with Crippen LogP contribution in [0.1, 0.15) is 11.3 Å². The highest BCUT2D eigenvalue weighted by molar-refractivity contribution is 5.67. The zero-order valence-electron chi connectivity index (χ0n) is 18.6. The average molecular weight is 458 g/mol. The number of aromatic nitrogens is 3. The first-order valence-corrected chi connectivity index (χ1v) is 10.9. The van der Waals surface area contributed by atoms with Gasteiger partial charge in [0.25, 0.3) is 0 Å². The zero-order chi connectivity index (χ0) is 23.5. The molecule has 0 amide bonds. The fourth-order valence-corrected chi connectivity index (χ4v) is 4.04. The van der Waals surface area contributed by atoms with Gasteiger partial charge >= 0.3 is 0 Å². The van der Waals surface area contributed by atoms with Crippen molar-refractivity contribution in [3.05, 3.63) is 78.2 Å². The van der Waals surface area contributed by atoms with Crippen molar-refractivity contribution < 1.29 is 13.6 Å². The molecule has 1 aliphatic heterocycles. The van der Waals surface area contributed by atoms with E-state index >= 15 is 0 Å². The molecule has 0 fully saturated rings. The predicted molar refractivity (Wildman–Crippen MR) is 127 cm³/mol. The number of hydrogen-bond acceptors (Lipinski definition) is 8. The summed E-state index contributed by atoms with van der Waals surface area (Å²) in [6.07, 6.45) is 4.68. The number of fused-ring (bicyclic) bond motifs is 1. The van der Waals surface area contributed by atoms with Crippen LogP contribution in [-0.2, 0) is 17.8 Å². The number of carbonyl (C=O) groups is 1. The number of halogens is 1. The van der Waals surface area contributed by atoms with Gasteiger partial charge in [0.1, 0.15) is 17.9 Å². The Labute approximate surface area is 196 Å². The Bertz CT molecular complexity index is 1280. The summed E-state index contributed by atoms with van der Waals surface area (Å²) >= 11 is 0. The topological polar surface area (TPSA) is 87.4 Å². The second-order valence-corrected chi connectivity index (χ2v) is 8.05. The van der Waals surface area contributed by atoms with Gasteiger partial charge in [-0.3, -0.25) is 4.90 Å². The first-order chi connectivity index (χ1) is 16.6. The summed E-state index contributed by atoms with van der Waals surface area (Å²) in [6, 6.07) is 14.0. The normalized spacial score (nSPS) is 13.4. The molecule has 8 nitrogen and oxygen atoms in total. The maximum atomic E-state index is 13.5. The van der Waals surface area contributed by atoms with Gasteiger partial charge in [-0.15, -0.1) is 0 Å². The Balaban J connectivity index is 1.48. The lowest BCUT2D eigenvalue weighted by Crippen LogP contribution is -2.34. The molecule has 2 aromatic heterocycles. The van der Waals surface area contributed by atoms with Gasteiger partial charge in [0.05, 0.1) is 18.4 Å². The molecule has 0 atom stereocenters. The highest BCUT2D eigenvalue weighted by Gasteiger charge is 2.25. The van der Waals surface area contributed by atoms with Gasteiger partial charge in [0.2, 0.25) is 5.95 Å². The van der Waals surface area contributed by atoms with Crippen molar-refractivity contribution in [3.8, 4) is 11.3 Å². The standard InChI is InChI=1S/C25H23FN6O2/c1-31(20-8-4-18(26)5-9-20)24-21-15-32(12-13-33)11-10-22(21)29-25(30-24)28-19-6-2-17(3-7-19)23-14-27-16-34-23/h2-9,13-14,16H,10-12,15H2,1H3,(H,28,29,30). The monoisotopic (exact) mass is 458 g/mol. The Kier molecular flexibility index (Phi) is 6.01. The largest absolute Gasteiger partial charge is 0.444 e. The molecule has 4 aromatic rings. The summed E-state index contributed by atoms with van der Waals surface area (Å²) in [5.41, 5.74) is 4.45. The Morgan fingerprint density at radius 2 is 1.94 bits per heavy atom. The van der Waals surface area contributed by atoms with Crippen LogP contribution in [0.15, 0.2) is 65.5 Å². The molecule has 2 aromatic carbocycles. The van der Waals surface area contributed by atoms with Crippen LogP contribution in [0.2, 0.25) is 0 Å². The van der Waals surface area contributed by atoms with Crippen molar-refractivity contribution in [3.63, 3.8) is 0 Å². The number of benzene rings is 2. The molecule has 3 heterocycles. The fourth-order valence-electron chi connectivity index (χ4n) is 4.04. The molecule has 1 N–H and O–H groups in total. The molecule has 0 saturated carbocycles. The van der Waals surface area contributed by atoms with Gasteiger partial charge in [-0.25, -0.2) is 14.4 Å². The summed E-state index contributed by atoms with van der Waals surface area (Å²) in [5, 5.41) is 3.29. The molecule has 0 spiro atoms. The van der Waals surface area contributed by atoms with Gasteiger partial charge in [0.15, 0.2) is 12.2 Å². The molecule has 1 aliphatic rings. The first-order valence-electron chi connectivity index (χ1n) is 10.9. The summed E-state index contributed by atoms with van der Waals surface area (Å²) in [6.45, 7) is 1.67. The van der Waals surface area contributed by atoms with E-state index < -0.39 is 0 Å². The van der Waals surface area contributed by atoms with Crippen molar-refractivity contribution in [2.75, 3.05) is 30.4 Å². The van der Waals surface area contributed by atoms with Crippen molar-refractivity contribution >= 4 is 29.4 Å². The molecule has 0 bridgehead atoms. The van der Waals surface area contributed by atoms with E-state index in [4.69, 9.17) is 14.4 Å². The lowest BCUT2D eigenvalue weighted by molar-refractivity contribution is -0.109. The van der Waals surface area contributed by atoms with E-state index in [9.17, 15) is 9.18 Å². The van der Waals surface area contributed by atoms with Gasteiger partial charge in [-0.1, -0.05) is 0 Å². The number of nitrogens with zero attached hydrogens (tertiary/aromatic N) is 5. The van der Waals surface area contributed by atoms with E-state index in [0.717, 1.165) is 41.0 Å². The van der Waals surface area contributed by atoms with Crippen LogP contribution in [0.5, 0.6) is 0 Å². The highest BCUT2D eigenvalue weighted by Crippen LogP contribution is 2.32. The summed E-state index contributed by atoms with van der Waals surface area (Å²) in [5.74, 6) is 1.58. The van der Waals surface area contributed by atoms with Gasteiger partial charge in [-0.05, 0) is 48.5 Å². The minimum Gasteiger partial charge on any atom is -0.444 e. The minimum absolute atomic E-state index is 0.296. The van der Waals surface area contributed by atoms with E-state index in [1.165, 1.54) is 18.5 Å². The van der Waals surface area contributed by atoms with Crippen LogP contribution < -0.4 is 10.2 Å². The van der Waals surface area contributed by atoms with Crippen molar-refractivity contribution in [2.24, 2.45) is 0 Å². The van der Waals surface area contributed by atoms with Crippen molar-refractivity contribution in [2.45, 2.75) is 13.0 Å². The van der Waals surface area contributed by atoms with Crippen molar-refractivity contribution in [1.29, 1.82) is 0 Å².